The summed E-state index contributed by atoms with van der Waals surface area (Å²) in [5.41, 5.74) is 3.33. The minimum absolute atomic E-state index is 0.206. The molecule has 2 aromatic rings. The van der Waals surface area contributed by atoms with Gasteiger partial charge in [0, 0.05) is 36.8 Å². The van der Waals surface area contributed by atoms with Gasteiger partial charge in [0.2, 0.25) is 5.91 Å². The third-order valence-corrected chi connectivity index (χ3v) is 4.99. The van der Waals surface area contributed by atoms with E-state index in [0.717, 1.165) is 49.5 Å². The molecule has 5 nitrogen and oxygen atoms in total. The first-order valence-electron chi connectivity index (χ1n) is 9.56. The molecule has 0 saturated carbocycles. The number of methoxy groups -OCH3 is 1. The highest BCUT2D eigenvalue weighted by molar-refractivity contribution is 5.78. The van der Waals surface area contributed by atoms with Crippen molar-refractivity contribution in [1.82, 2.24) is 14.8 Å². The molecule has 3 rings (SSSR count). The normalized spacial score (nSPS) is 17.2. The van der Waals surface area contributed by atoms with Gasteiger partial charge in [0.1, 0.15) is 5.75 Å². The summed E-state index contributed by atoms with van der Waals surface area (Å²) in [4.78, 5) is 21.2. The molecular weight excluding hydrogens is 338 g/mol. The van der Waals surface area contributed by atoms with E-state index in [2.05, 4.69) is 30.3 Å². The van der Waals surface area contributed by atoms with Gasteiger partial charge in [-0.05, 0) is 56.8 Å². The topological polar surface area (TPSA) is 45.7 Å². The van der Waals surface area contributed by atoms with E-state index in [4.69, 9.17) is 9.72 Å². The molecule has 27 heavy (non-hydrogen) atoms. The summed E-state index contributed by atoms with van der Waals surface area (Å²) in [6.45, 7) is 2.09. The molecule has 1 unspecified atom stereocenters. The second-order valence-electron chi connectivity index (χ2n) is 7.50. The quantitative estimate of drug-likeness (QED) is 0.788. The lowest BCUT2D eigenvalue weighted by atomic mass is 9.93. The molecule has 0 spiro atoms. The van der Waals surface area contributed by atoms with E-state index < -0.39 is 0 Å². The molecule has 5 heteroatoms. The standard InChI is InChI=1S/C22H29N3O2/c1-24(2)16-22(26)25-12-6-8-18(15-25)21-11-5-9-19(23-21)13-17-7-4-10-20(14-17)27-3/h4-5,7,9-11,14,18H,6,8,12-13,15-16H2,1-3H3. The van der Waals surface area contributed by atoms with Crippen LogP contribution in [0.1, 0.15) is 35.7 Å². The molecule has 144 valence electrons. The van der Waals surface area contributed by atoms with Crippen molar-refractivity contribution in [3.63, 3.8) is 0 Å². The van der Waals surface area contributed by atoms with Crippen LogP contribution in [0.15, 0.2) is 42.5 Å². The third-order valence-electron chi connectivity index (χ3n) is 4.99. The SMILES string of the molecule is COc1cccc(Cc2cccc(C3CCCN(C(=O)CN(C)C)C3)n2)c1. The number of carbonyl (C=O) groups is 1. The van der Waals surface area contributed by atoms with Gasteiger partial charge in [0.25, 0.3) is 0 Å². The molecule has 0 N–H and O–H groups in total. The Hall–Kier alpha value is -2.40. The number of hydrogen-bond donors (Lipinski definition) is 0. The highest BCUT2D eigenvalue weighted by Crippen LogP contribution is 2.26. The molecule has 1 amide bonds. The predicted molar refractivity (Wildman–Crippen MR) is 107 cm³/mol. The Morgan fingerprint density at radius 2 is 2.07 bits per heavy atom. The summed E-state index contributed by atoms with van der Waals surface area (Å²) >= 11 is 0. The molecule has 0 bridgehead atoms. The summed E-state index contributed by atoms with van der Waals surface area (Å²) in [5, 5.41) is 0. The van der Waals surface area contributed by atoms with Gasteiger partial charge in [-0.15, -0.1) is 0 Å². The van der Waals surface area contributed by atoms with E-state index in [9.17, 15) is 4.79 Å². The van der Waals surface area contributed by atoms with Crippen LogP contribution in [-0.2, 0) is 11.2 Å². The van der Waals surface area contributed by atoms with E-state index in [-0.39, 0.29) is 5.91 Å². The smallest absolute Gasteiger partial charge is 0.236 e. The number of amides is 1. The predicted octanol–water partition coefficient (Wildman–Crippen LogP) is 2.95. The Morgan fingerprint density at radius 3 is 2.85 bits per heavy atom. The molecule has 1 aliphatic heterocycles. The molecule has 1 fully saturated rings. The van der Waals surface area contributed by atoms with Crippen LogP contribution in [0.2, 0.25) is 0 Å². The number of nitrogens with zero attached hydrogens (tertiary/aromatic N) is 3. The molecule has 1 atom stereocenters. The van der Waals surface area contributed by atoms with Crippen LogP contribution in [0.4, 0.5) is 0 Å². The highest BCUT2D eigenvalue weighted by atomic mass is 16.5. The number of carbonyl (C=O) groups excluding carboxylic acids is 1. The monoisotopic (exact) mass is 367 g/mol. The Balaban J connectivity index is 1.70. The van der Waals surface area contributed by atoms with Gasteiger partial charge in [-0.3, -0.25) is 9.78 Å². The average molecular weight is 367 g/mol. The first kappa shape index (κ1) is 19.4. The van der Waals surface area contributed by atoms with Crippen LogP contribution in [0.5, 0.6) is 5.75 Å². The summed E-state index contributed by atoms with van der Waals surface area (Å²) in [6, 6.07) is 14.4. The van der Waals surface area contributed by atoms with E-state index in [1.54, 1.807) is 7.11 Å². The number of pyridine rings is 1. The Kier molecular flexibility index (Phi) is 6.45. The number of ether oxygens (including phenoxy) is 1. The van der Waals surface area contributed by atoms with E-state index in [0.29, 0.717) is 12.5 Å². The van der Waals surface area contributed by atoms with Gasteiger partial charge in [-0.25, -0.2) is 0 Å². The third kappa shape index (κ3) is 5.30. The van der Waals surface area contributed by atoms with Crippen molar-refractivity contribution in [1.29, 1.82) is 0 Å². The summed E-state index contributed by atoms with van der Waals surface area (Å²) in [6.07, 6.45) is 2.90. The van der Waals surface area contributed by atoms with Gasteiger partial charge in [0.15, 0.2) is 0 Å². The molecular formula is C22H29N3O2. The van der Waals surface area contributed by atoms with E-state index in [1.165, 1.54) is 5.56 Å². The first-order valence-corrected chi connectivity index (χ1v) is 9.56. The molecule has 1 saturated heterocycles. The van der Waals surface area contributed by atoms with Crippen LogP contribution < -0.4 is 4.74 Å². The maximum Gasteiger partial charge on any atom is 0.236 e. The van der Waals surface area contributed by atoms with Crippen molar-refractivity contribution in [2.24, 2.45) is 0 Å². The fraction of sp³-hybridized carbons (Fsp3) is 0.455. The zero-order chi connectivity index (χ0) is 19.2. The van der Waals surface area contributed by atoms with Crippen molar-refractivity contribution in [2.45, 2.75) is 25.2 Å². The number of benzene rings is 1. The van der Waals surface area contributed by atoms with Gasteiger partial charge in [-0.1, -0.05) is 18.2 Å². The van der Waals surface area contributed by atoms with Crippen LogP contribution in [-0.4, -0.2) is 61.5 Å². The Morgan fingerprint density at radius 1 is 1.26 bits per heavy atom. The second kappa shape index (κ2) is 9.00. The lowest BCUT2D eigenvalue weighted by Crippen LogP contribution is -2.43. The number of aromatic nitrogens is 1. The number of rotatable bonds is 6. The second-order valence-corrected chi connectivity index (χ2v) is 7.50. The minimum atomic E-state index is 0.206. The largest absolute Gasteiger partial charge is 0.497 e. The molecule has 2 heterocycles. The minimum Gasteiger partial charge on any atom is -0.497 e. The summed E-state index contributed by atoms with van der Waals surface area (Å²) in [7, 11) is 5.55. The van der Waals surface area contributed by atoms with Crippen LogP contribution in [0.25, 0.3) is 0 Å². The average Bonchev–Trinajstić information content (AvgIpc) is 2.68. The van der Waals surface area contributed by atoms with Crippen LogP contribution >= 0.6 is 0 Å². The van der Waals surface area contributed by atoms with Crippen LogP contribution in [0.3, 0.4) is 0 Å². The van der Waals surface area contributed by atoms with E-state index >= 15 is 0 Å². The van der Waals surface area contributed by atoms with E-state index in [1.807, 2.05) is 36.0 Å². The summed E-state index contributed by atoms with van der Waals surface area (Å²) < 4.78 is 5.31. The van der Waals surface area contributed by atoms with Gasteiger partial charge < -0.3 is 14.5 Å². The molecule has 0 aliphatic carbocycles. The maximum atomic E-state index is 12.4. The number of likely N-dealkylation sites (tertiary alicyclic amines) is 1. The van der Waals surface area contributed by atoms with Crippen molar-refractivity contribution in [3.05, 3.63) is 59.4 Å². The van der Waals surface area contributed by atoms with Crippen molar-refractivity contribution in [2.75, 3.05) is 40.8 Å². The van der Waals surface area contributed by atoms with Gasteiger partial charge in [-0.2, -0.15) is 0 Å². The number of hydrogen-bond acceptors (Lipinski definition) is 4. The molecule has 1 aliphatic rings. The fourth-order valence-electron chi connectivity index (χ4n) is 3.63. The fourth-order valence-corrected chi connectivity index (χ4v) is 3.63. The molecule has 0 radical (unpaired) electrons. The van der Waals surface area contributed by atoms with Gasteiger partial charge in [0.05, 0.1) is 13.7 Å². The lowest BCUT2D eigenvalue weighted by Gasteiger charge is -2.33. The first-order chi connectivity index (χ1) is 13.0. The summed E-state index contributed by atoms with van der Waals surface area (Å²) in [5.74, 6) is 1.39. The van der Waals surface area contributed by atoms with Crippen molar-refractivity contribution in [3.8, 4) is 5.75 Å². The number of likely N-dealkylation sites (N-methyl/N-ethyl adjacent to an activating group) is 1. The van der Waals surface area contributed by atoms with Crippen molar-refractivity contribution < 1.29 is 9.53 Å². The zero-order valence-electron chi connectivity index (χ0n) is 16.5. The Labute approximate surface area is 162 Å². The zero-order valence-corrected chi connectivity index (χ0v) is 16.5. The molecule has 1 aromatic carbocycles. The molecule has 1 aromatic heterocycles. The Bertz CT molecular complexity index is 776. The number of piperidine rings is 1. The maximum absolute atomic E-state index is 12.4. The van der Waals surface area contributed by atoms with Crippen LogP contribution in [0, 0.1) is 0 Å². The van der Waals surface area contributed by atoms with Gasteiger partial charge >= 0.3 is 0 Å². The highest BCUT2D eigenvalue weighted by Gasteiger charge is 2.25. The lowest BCUT2D eigenvalue weighted by molar-refractivity contribution is -0.133. The van der Waals surface area contributed by atoms with Crippen molar-refractivity contribution >= 4 is 5.91 Å².